The number of carbonyl (C=O) groups excluding carboxylic acids is 1. The van der Waals surface area contributed by atoms with Crippen molar-refractivity contribution >= 4 is 17.4 Å². The van der Waals surface area contributed by atoms with E-state index >= 15 is 0 Å². The number of carbonyl (C=O) groups is 1. The molecule has 0 aliphatic carbocycles. The molecule has 0 unspecified atom stereocenters. The second kappa shape index (κ2) is 6.65. The van der Waals surface area contributed by atoms with Crippen molar-refractivity contribution in [3.8, 4) is 0 Å². The molecule has 2 heterocycles. The van der Waals surface area contributed by atoms with Crippen LogP contribution in [0.15, 0.2) is 42.7 Å². The zero-order valence-corrected chi connectivity index (χ0v) is 11.7. The van der Waals surface area contributed by atoms with Crippen molar-refractivity contribution < 1.29 is 4.79 Å². The van der Waals surface area contributed by atoms with Crippen LogP contribution < -0.4 is 10.2 Å². The van der Waals surface area contributed by atoms with Gasteiger partial charge < -0.3 is 5.32 Å². The molecular weight excluding hydrogens is 252 g/mol. The van der Waals surface area contributed by atoms with Gasteiger partial charge in [0.2, 0.25) is 0 Å². The number of rotatable bonds is 5. The average Bonchev–Trinajstić information content (AvgIpc) is 2.52. The van der Waals surface area contributed by atoms with Gasteiger partial charge in [0.15, 0.2) is 0 Å². The van der Waals surface area contributed by atoms with E-state index in [0.29, 0.717) is 11.5 Å². The van der Waals surface area contributed by atoms with Crippen LogP contribution in [0.5, 0.6) is 0 Å². The molecule has 1 N–H and O–H groups in total. The Kier molecular flexibility index (Phi) is 4.65. The third kappa shape index (κ3) is 3.32. The fourth-order valence-electron chi connectivity index (χ4n) is 1.75. The first-order valence-corrected chi connectivity index (χ1v) is 6.61. The van der Waals surface area contributed by atoms with Crippen LogP contribution >= 0.6 is 0 Å². The van der Waals surface area contributed by atoms with E-state index in [0.717, 1.165) is 18.7 Å². The lowest BCUT2D eigenvalue weighted by Crippen LogP contribution is -2.27. The standard InChI is InChI=1S/C15H18N4O/c1-3-8-16-12-7-10-17-13(11-12)15(20)19(2)14-6-4-5-9-18-14/h4-7,9-11H,3,8H2,1-2H3,(H,16,17). The Hall–Kier alpha value is -2.43. The highest BCUT2D eigenvalue weighted by atomic mass is 16.2. The fourth-order valence-corrected chi connectivity index (χ4v) is 1.75. The molecule has 0 aromatic carbocycles. The van der Waals surface area contributed by atoms with Crippen LogP contribution in [0.4, 0.5) is 11.5 Å². The van der Waals surface area contributed by atoms with E-state index in [1.807, 2.05) is 18.2 Å². The van der Waals surface area contributed by atoms with Gasteiger partial charge in [0, 0.05) is 31.7 Å². The van der Waals surface area contributed by atoms with Gasteiger partial charge in [0.1, 0.15) is 11.5 Å². The average molecular weight is 270 g/mol. The normalized spacial score (nSPS) is 10.1. The minimum atomic E-state index is -0.177. The molecule has 20 heavy (non-hydrogen) atoms. The molecule has 0 radical (unpaired) electrons. The summed E-state index contributed by atoms with van der Waals surface area (Å²) in [7, 11) is 1.69. The predicted octanol–water partition coefficient (Wildman–Crippen LogP) is 2.58. The van der Waals surface area contributed by atoms with Crippen LogP contribution in [0, 0.1) is 0 Å². The van der Waals surface area contributed by atoms with Crippen molar-refractivity contribution in [1.29, 1.82) is 0 Å². The van der Waals surface area contributed by atoms with E-state index in [9.17, 15) is 4.79 Å². The summed E-state index contributed by atoms with van der Waals surface area (Å²) >= 11 is 0. The van der Waals surface area contributed by atoms with Crippen molar-refractivity contribution in [2.45, 2.75) is 13.3 Å². The molecule has 1 amide bonds. The summed E-state index contributed by atoms with van der Waals surface area (Å²) in [5.41, 5.74) is 1.30. The van der Waals surface area contributed by atoms with Gasteiger partial charge in [-0.25, -0.2) is 4.98 Å². The first-order chi connectivity index (χ1) is 9.72. The summed E-state index contributed by atoms with van der Waals surface area (Å²) in [5, 5.41) is 3.24. The molecule has 0 aliphatic heterocycles. The Bertz CT molecular complexity index is 571. The lowest BCUT2D eigenvalue weighted by Gasteiger charge is -2.16. The maximum atomic E-state index is 12.4. The Balaban J connectivity index is 2.16. The minimum absolute atomic E-state index is 0.177. The molecule has 0 saturated heterocycles. The van der Waals surface area contributed by atoms with Gasteiger partial charge in [-0.05, 0) is 30.7 Å². The fraction of sp³-hybridized carbons (Fsp3) is 0.267. The summed E-state index contributed by atoms with van der Waals surface area (Å²) in [6, 6.07) is 9.07. The largest absolute Gasteiger partial charge is 0.385 e. The zero-order chi connectivity index (χ0) is 14.4. The molecular formula is C15H18N4O. The zero-order valence-electron chi connectivity index (χ0n) is 11.7. The van der Waals surface area contributed by atoms with E-state index in [4.69, 9.17) is 0 Å². The van der Waals surface area contributed by atoms with E-state index in [1.165, 1.54) is 4.90 Å². The monoisotopic (exact) mass is 270 g/mol. The maximum absolute atomic E-state index is 12.4. The van der Waals surface area contributed by atoms with E-state index in [-0.39, 0.29) is 5.91 Å². The number of nitrogens with zero attached hydrogens (tertiary/aromatic N) is 3. The molecule has 0 aliphatic rings. The van der Waals surface area contributed by atoms with Crippen molar-refractivity contribution in [1.82, 2.24) is 9.97 Å². The molecule has 5 nitrogen and oxygen atoms in total. The summed E-state index contributed by atoms with van der Waals surface area (Å²) in [4.78, 5) is 22.2. The van der Waals surface area contributed by atoms with E-state index in [1.54, 1.807) is 31.6 Å². The lowest BCUT2D eigenvalue weighted by atomic mass is 10.2. The molecule has 2 aromatic heterocycles. The number of pyridine rings is 2. The number of aromatic nitrogens is 2. The van der Waals surface area contributed by atoms with Gasteiger partial charge in [-0.15, -0.1) is 0 Å². The second-order valence-corrected chi connectivity index (χ2v) is 4.41. The van der Waals surface area contributed by atoms with Crippen LogP contribution in [-0.2, 0) is 0 Å². The van der Waals surface area contributed by atoms with Gasteiger partial charge >= 0.3 is 0 Å². The van der Waals surface area contributed by atoms with Crippen molar-refractivity contribution in [3.05, 3.63) is 48.4 Å². The van der Waals surface area contributed by atoms with E-state index < -0.39 is 0 Å². The lowest BCUT2D eigenvalue weighted by molar-refractivity contribution is 0.0987. The predicted molar refractivity (Wildman–Crippen MR) is 80.0 cm³/mol. The summed E-state index contributed by atoms with van der Waals surface area (Å²) in [6.07, 6.45) is 4.32. The number of hydrogen-bond acceptors (Lipinski definition) is 4. The van der Waals surface area contributed by atoms with E-state index in [2.05, 4.69) is 22.2 Å². The molecule has 2 rings (SSSR count). The first kappa shape index (κ1) is 14.0. The first-order valence-electron chi connectivity index (χ1n) is 6.61. The highest BCUT2D eigenvalue weighted by molar-refractivity contribution is 6.04. The van der Waals surface area contributed by atoms with Gasteiger partial charge in [0.05, 0.1) is 0 Å². The molecule has 0 saturated carbocycles. The number of amides is 1. The summed E-state index contributed by atoms with van der Waals surface area (Å²) < 4.78 is 0. The van der Waals surface area contributed by atoms with Crippen molar-refractivity contribution in [2.75, 3.05) is 23.8 Å². The van der Waals surface area contributed by atoms with Crippen LogP contribution in [-0.4, -0.2) is 29.5 Å². The van der Waals surface area contributed by atoms with Gasteiger partial charge in [0.25, 0.3) is 5.91 Å². The molecule has 0 atom stereocenters. The highest BCUT2D eigenvalue weighted by Gasteiger charge is 2.15. The molecule has 5 heteroatoms. The molecule has 0 spiro atoms. The molecule has 2 aromatic rings. The van der Waals surface area contributed by atoms with Crippen LogP contribution in [0.25, 0.3) is 0 Å². The SMILES string of the molecule is CCCNc1ccnc(C(=O)N(C)c2ccccn2)c1. The van der Waals surface area contributed by atoms with Crippen LogP contribution in [0.1, 0.15) is 23.8 Å². The Morgan fingerprint density at radius 2 is 2.10 bits per heavy atom. The number of anilines is 2. The van der Waals surface area contributed by atoms with Crippen molar-refractivity contribution in [2.24, 2.45) is 0 Å². The molecule has 0 bridgehead atoms. The number of hydrogen-bond donors (Lipinski definition) is 1. The topological polar surface area (TPSA) is 58.1 Å². The van der Waals surface area contributed by atoms with Crippen LogP contribution in [0.3, 0.4) is 0 Å². The van der Waals surface area contributed by atoms with Crippen molar-refractivity contribution in [3.63, 3.8) is 0 Å². The van der Waals surface area contributed by atoms with Gasteiger partial charge in [-0.3, -0.25) is 14.7 Å². The molecule has 104 valence electrons. The second-order valence-electron chi connectivity index (χ2n) is 4.41. The van der Waals surface area contributed by atoms with Gasteiger partial charge in [-0.2, -0.15) is 0 Å². The third-order valence-corrected chi connectivity index (χ3v) is 2.86. The maximum Gasteiger partial charge on any atom is 0.277 e. The summed E-state index contributed by atoms with van der Waals surface area (Å²) in [5.74, 6) is 0.426. The minimum Gasteiger partial charge on any atom is -0.385 e. The number of nitrogens with one attached hydrogen (secondary N) is 1. The Morgan fingerprint density at radius 3 is 2.80 bits per heavy atom. The Labute approximate surface area is 118 Å². The quantitative estimate of drug-likeness (QED) is 0.907. The Morgan fingerprint density at radius 1 is 1.25 bits per heavy atom. The van der Waals surface area contributed by atoms with Gasteiger partial charge in [-0.1, -0.05) is 13.0 Å². The third-order valence-electron chi connectivity index (χ3n) is 2.86. The smallest absolute Gasteiger partial charge is 0.277 e. The molecule has 0 fully saturated rings. The highest BCUT2D eigenvalue weighted by Crippen LogP contribution is 2.13. The van der Waals surface area contributed by atoms with Crippen LogP contribution in [0.2, 0.25) is 0 Å². The summed E-state index contributed by atoms with van der Waals surface area (Å²) in [6.45, 7) is 2.96.